The van der Waals surface area contributed by atoms with Crippen molar-refractivity contribution in [1.29, 1.82) is 0 Å². The smallest absolute Gasteiger partial charge is 0.261 e. The molecule has 0 aliphatic carbocycles. The van der Waals surface area contributed by atoms with E-state index >= 15 is 0 Å². The van der Waals surface area contributed by atoms with E-state index in [1.807, 2.05) is 20.9 Å². The van der Waals surface area contributed by atoms with E-state index in [-0.39, 0.29) is 11.5 Å². The van der Waals surface area contributed by atoms with Crippen LogP contribution in [0.15, 0.2) is 17.1 Å². The first-order chi connectivity index (χ1) is 6.68. The topological polar surface area (TPSA) is 76.7 Å². The molecule has 0 unspecified atom stereocenters. The zero-order chi connectivity index (χ0) is 10.7. The molecule has 14 heavy (non-hydrogen) atoms. The Bertz CT molecular complexity index is 483. The Morgan fingerprint density at radius 3 is 2.79 bits per heavy atom. The third-order valence-electron chi connectivity index (χ3n) is 1.75. The van der Waals surface area contributed by atoms with Gasteiger partial charge in [0, 0.05) is 13.2 Å². The highest BCUT2D eigenvalue weighted by Crippen LogP contribution is 2.06. The molecule has 0 amide bonds. The normalized spacial score (nSPS) is 9.64. The van der Waals surface area contributed by atoms with E-state index in [9.17, 15) is 4.79 Å². The van der Waals surface area contributed by atoms with Gasteiger partial charge in [0.15, 0.2) is 0 Å². The number of anilines is 1. The summed E-state index contributed by atoms with van der Waals surface area (Å²) in [6.45, 7) is 4.00. The Balaban J connectivity index is 0.000000461. The van der Waals surface area contributed by atoms with Crippen molar-refractivity contribution in [1.82, 2.24) is 14.5 Å². The minimum Gasteiger partial charge on any atom is -0.369 e. The highest BCUT2D eigenvalue weighted by Gasteiger charge is 2.03. The van der Waals surface area contributed by atoms with Crippen LogP contribution in [0.1, 0.15) is 13.8 Å². The Morgan fingerprint density at radius 1 is 1.50 bits per heavy atom. The van der Waals surface area contributed by atoms with Crippen molar-refractivity contribution in [2.24, 2.45) is 7.05 Å². The van der Waals surface area contributed by atoms with Crippen molar-refractivity contribution in [2.75, 3.05) is 5.73 Å². The van der Waals surface area contributed by atoms with Gasteiger partial charge in [-0.15, -0.1) is 0 Å². The molecule has 0 saturated carbocycles. The first kappa shape index (κ1) is 10.3. The molecule has 76 valence electrons. The van der Waals surface area contributed by atoms with Gasteiger partial charge in [0.1, 0.15) is 5.65 Å². The molecule has 0 aliphatic rings. The highest BCUT2D eigenvalue weighted by molar-refractivity contribution is 5.75. The van der Waals surface area contributed by atoms with Crippen LogP contribution < -0.4 is 11.3 Å². The van der Waals surface area contributed by atoms with Crippen molar-refractivity contribution >= 4 is 17.0 Å². The minimum atomic E-state index is -0.196. The molecule has 2 aromatic heterocycles. The number of nitrogens with two attached hydrogens (primary N) is 1. The standard InChI is InChI=1S/C7H8N4O.C2H6/c1-11-3-2-4-5(11)9-7(8)10-6(4)12;1-2/h2-3H,1H3,(H3,8,9,10,12);1-2H3. The van der Waals surface area contributed by atoms with Gasteiger partial charge in [-0.1, -0.05) is 13.8 Å². The second-order valence-corrected chi connectivity index (χ2v) is 2.62. The van der Waals surface area contributed by atoms with Crippen molar-refractivity contribution in [3.05, 3.63) is 22.6 Å². The van der Waals surface area contributed by atoms with Gasteiger partial charge in [-0.3, -0.25) is 9.78 Å². The molecule has 0 spiro atoms. The molecule has 0 aliphatic heterocycles. The maximum atomic E-state index is 11.2. The summed E-state index contributed by atoms with van der Waals surface area (Å²) in [7, 11) is 1.81. The lowest BCUT2D eigenvalue weighted by Gasteiger charge is -1.95. The molecule has 2 rings (SSSR count). The molecule has 0 radical (unpaired) electrons. The molecule has 5 nitrogen and oxygen atoms in total. The minimum absolute atomic E-state index is 0.148. The summed E-state index contributed by atoms with van der Waals surface area (Å²) in [4.78, 5) is 17.6. The van der Waals surface area contributed by atoms with Crippen molar-refractivity contribution in [2.45, 2.75) is 13.8 Å². The first-order valence-electron chi connectivity index (χ1n) is 4.49. The number of fused-ring (bicyclic) bond motifs is 1. The number of aryl methyl sites for hydroxylation is 1. The summed E-state index contributed by atoms with van der Waals surface area (Å²) < 4.78 is 1.75. The molecule has 0 saturated heterocycles. The van der Waals surface area contributed by atoms with Crippen LogP contribution in [0.2, 0.25) is 0 Å². The number of hydrogen-bond acceptors (Lipinski definition) is 3. The van der Waals surface area contributed by atoms with Crippen LogP contribution >= 0.6 is 0 Å². The quantitative estimate of drug-likeness (QED) is 0.653. The van der Waals surface area contributed by atoms with Crippen LogP contribution in [-0.4, -0.2) is 14.5 Å². The molecular formula is C9H14N4O. The average molecular weight is 194 g/mol. The highest BCUT2D eigenvalue weighted by atomic mass is 16.1. The predicted molar refractivity (Wildman–Crippen MR) is 57.1 cm³/mol. The molecule has 2 aromatic rings. The van der Waals surface area contributed by atoms with Gasteiger partial charge < -0.3 is 10.3 Å². The summed E-state index contributed by atoms with van der Waals surface area (Å²) in [5.41, 5.74) is 5.78. The largest absolute Gasteiger partial charge is 0.369 e. The van der Waals surface area contributed by atoms with Gasteiger partial charge in [-0.25, -0.2) is 0 Å². The van der Waals surface area contributed by atoms with Crippen LogP contribution in [0.3, 0.4) is 0 Å². The van der Waals surface area contributed by atoms with Crippen LogP contribution in [-0.2, 0) is 7.05 Å². The number of nitrogens with zero attached hydrogens (tertiary/aromatic N) is 2. The number of nitrogens with one attached hydrogen (secondary N) is 1. The summed E-state index contributed by atoms with van der Waals surface area (Å²) in [6, 6.07) is 1.71. The summed E-state index contributed by atoms with van der Waals surface area (Å²) >= 11 is 0. The second-order valence-electron chi connectivity index (χ2n) is 2.62. The molecule has 0 atom stereocenters. The maximum Gasteiger partial charge on any atom is 0.261 e. The Kier molecular flexibility index (Phi) is 2.91. The number of aromatic nitrogens is 3. The maximum absolute atomic E-state index is 11.2. The van der Waals surface area contributed by atoms with Gasteiger partial charge in [-0.2, -0.15) is 4.98 Å². The van der Waals surface area contributed by atoms with Crippen LogP contribution in [0.25, 0.3) is 11.0 Å². The van der Waals surface area contributed by atoms with Crippen molar-refractivity contribution in [3.63, 3.8) is 0 Å². The fourth-order valence-electron chi connectivity index (χ4n) is 1.16. The Labute approximate surface area is 81.6 Å². The zero-order valence-corrected chi connectivity index (χ0v) is 8.53. The van der Waals surface area contributed by atoms with Crippen LogP contribution in [0.4, 0.5) is 5.95 Å². The monoisotopic (exact) mass is 194 g/mol. The van der Waals surface area contributed by atoms with E-state index in [0.29, 0.717) is 11.0 Å². The van der Waals surface area contributed by atoms with Crippen LogP contribution in [0.5, 0.6) is 0 Å². The van der Waals surface area contributed by atoms with E-state index in [1.54, 1.807) is 16.8 Å². The summed E-state index contributed by atoms with van der Waals surface area (Å²) in [6.07, 6.45) is 1.77. The number of hydrogen-bond donors (Lipinski definition) is 2. The fourth-order valence-corrected chi connectivity index (χ4v) is 1.16. The molecule has 0 fully saturated rings. The number of H-pyrrole nitrogens is 1. The lowest BCUT2D eigenvalue weighted by molar-refractivity contribution is 0.944. The zero-order valence-electron chi connectivity index (χ0n) is 8.53. The fraction of sp³-hybridized carbons (Fsp3) is 0.333. The Morgan fingerprint density at radius 2 is 2.14 bits per heavy atom. The molecule has 2 heterocycles. The number of rotatable bonds is 0. The molecule has 5 heteroatoms. The van der Waals surface area contributed by atoms with E-state index in [1.165, 1.54) is 0 Å². The number of aromatic amines is 1. The molecule has 3 N–H and O–H groups in total. The van der Waals surface area contributed by atoms with Crippen molar-refractivity contribution in [3.8, 4) is 0 Å². The van der Waals surface area contributed by atoms with Gasteiger partial charge in [0.2, 0.25) is 5.95 Å². The van der Waals surface area contributed by atoms with Gasteiger partial charge in [0.05, 0.1) is 5.39 Å². The SMILES string of the molecule is CC.Cn1ccc2c(=O)[nH]c(N)nc21. The summed E-state index contributed by atoms with van der Waals surface area (Å²) in [5.74, 6) is 0.148. The van der Waals surface area contributed by atoms with Gasteiger partial charge in [-0.05, 0) is 6.07 Å². The van der Waals surface area contributed by atoms with Gasteiger partial charge >= 0.3 is 0 Å². The lowest BCUT2D eigenvalue weighted by Crippen LogP contribution is -2.10. The molecular weight excluding hydrogens is 180 g/mol. The van der Waals surface area contributed by atoms with Gasteiger partial charge in [0.25, 0.3) is 5.56 Å². The lowest BCUT2D eigenvalue weighted by atomic mass is 10.4. The third-order valence-corrected chi connectivity index (χ3v) is 1.75. The van der Waals surface area contributed by atoms with Crippen LogP contribution in [0, 0.1) is 0 Å². The molecule has 0 aromatic carbocycles. The molecule has 0 bridgehead atoms. The first-order valence-corrected chi connectivity index (χ1v) is 4.49. The Hall–Kier alpha value is -1.78. The second kappa shape index (κ2) is 3.95. The van der Waals surface area contributed by atoms with E-state index in [4.69, 9.17) is 5.73 Å². The van der Waals surface area contributed by atoms with Crippen molar-refractivity contribution < 1.29 is 0 Å². The average Bonchev–Trinajstić information content (AvgIpc) is 2.52. The third kappa shape index (κ3) is 1.61. The van der Waals surface area contributed by atoms with E-state index < -0.39 is 0 Å². The summed E-state index contributed by atoms with van der Waals surface area (Å²) in [5, 5.41) is 0.562. The van der Waals surface area contributed by atoms with E-state index in [0.717, 1.165) is 0 Å². The number of nitrogen functional groups attached to an aromatic ring is 1. The predicted octanol–water partition coefficient (Wildman–Crippen LogP) is 0.870. The van der Waals surface area contributed by atoms with E-state index in [2.05, 4.69) is 9.97 Å².